The molecule has 0 unspecified atom stereocenters. The summed E-state index contributed by atoms with van der Waals surface area (Å²) in [6, 6.07) is 6.63. The summed E-state index contributed by atoms with van der Waals surface area (Å²) in [6.45, 7) is 7.23. The minimum Gasteiger partial charge on any atom is -0.395 e. The monoisotopic (exact) mass is 559 g/mol. The summed E-state index contributed by atoms with van der Waals surface area (Å²) in [4.78, 5) is 38.9. The molecule has 3 aliphatic heterocycles. The number of rotatable bonds is 5. The van der Waals surface area contributed by atoms with E-state index in [4.69, 9.17) is 0 Å². The summed E-state index contributed by atoms with van der Waals surface area (Å²) in [5.74, 6) is -0.900. The van der Waals surface area contributed by atoms with E-state index in [1.807, 2.05) is 25.1 Å². The molecular weight excluding hydrogens is 523 g/mol. The first-order valence-electron chi connectivity index (χ1n) is 13.8. The maximum atomic E-state index is 14.0. The number of aryl methyl sites for hydroxylation is 2. The number of amides is 2. The molecule has 0 spiro atoms. The third-order valence-electron chi connectivity index (χ3n) is 8.48. The molecule has 0 radical (unpaired) electrons. The Labute approximate surface area is 232 Å². The fourth-order valence-corrected chi connectivity index (χ4v) is 6.51. The lowest BCUT2D eigenvalue weighted by Gasteiger charge is -2.42. The fourth-order valence-electron chi connectivity index (χ4n) is 6.51. The van der Waals surface area contributed by atoms with E-state index in [2.05, 4.69) is 14.8 Å². The molecule has 4 heterocycles. The Kier molecular flexibility index (Phi) is 7.80. The van der Waals surface area contributed by atoms with Crippen molar-refractivity contribution in [2.24, 2.45) is 11.8 Å². The van der Waals surface area contributed by atoms with E-state index in [0.717, 1.165) is 55.9 Å². The molecule has 216 valence electrons. The number of halogens is 3. The second kappa shape index (κ2) is 11.0. The van der Waals surface area contributed by atoms with E-state index in [9.17, 15) is 27.9 Å². The van der Waals surface area contributed by atoms with Crippen molar-refractivity contribution in [3.8, 4) is 0 Å². The van der Waals surface area contributed by atoms with Crippen LogP contribution in [0.5, 0.6) is 0 Å². The number of likely N-dealkylation sites (N-methyl/N-ethyl adjacent to an activating group) is 1. The van der Waals surface area contributed by atoms with Crippen LogP contribution in [0.2, 0.25) is 0 Å². The number of aliphatic hydroxyl groups excluding tert-OH is 1. The third kappa shape index (κ3) is 5.41. The standard InChI is InChI=1S/C29H36F3N5O3/c1-18-5-4-6-23-26(18)36(16-20-7-9-35(10-8-20)11-12-38)17-21-14-25(39)37(27(21)28(40)34(23)3)24-15-22(29(30,31)32)13-19(2)33-24/h4-6,13,15,20-21,27,38H,7-12,14,16-17H2,1-3H3/t21-,27+/m1/s1. The number of aromatic nitrogens is 1. The van der Waals surface area contributed by atoms with Gasteiger partial charge in [-0.15, -0.1) is 0 Å². The van der Waals surface area contributed by atoms with Gasteiger partial charge in [0.25, 0.3) is 0 Å². The van der Waals surface area contributed by atoms with E-state index in [1.165, 1.54) is 11.8 Å². The summed E-state index contributed by atoms with van der Waals surface area (Å²) < 4.78 is 40.9. The Balaban J connectivity index is 1.51. The van der Waals surface area contributed by atoms with Crippen LogP contribution in [0.15, 0.2) is 30.3 Å². The molecule has 3 aliphatic rings. The molecule has 8 nitrogen and oxygen atoms in total. The number of carbonyl (C=O) groups excluding carboxylic acids is 2. The number of pyridine rings is 1. The zero-order valence-corrected chi connectivity index (χ0v) is 23.1. The van der Waals surface area contributed by atoms with Crippen molar-refractivity contribution in [3.05, 3.63) is 47.2 Å². The smallest absolute Gasteiger partial charge is 0.395 e. The lowest BCUT2D eigenvalue weighted by molar-refractivity contribution is -0.137. The van der Waals surface area contributed by atoms with Crippen LogP contribution in [0.1, 0.15) is 36.1 Å². The number of aliphatic hydroxyl groups is 1. The summed E-state index contributed by atoms with van der Waals surface area (Å²) in [7, 11) is 1.67. The van der Waals surface area contributed by atoms with Crippen molar-refractivity contribution in [1.29, 1.82) is 0 Å². The Morgan fingerprint density at radius 1 is 1.10 bits per heavy atom. The fraction of sp³-hybridized carbons (Fsp3) is 0.552. The van der Waals surface area contributed by atoms with Crippen molar-refractivity contribution in [2.75, 3.05) is 61.1 Å². The number of piperidine rings is 1. The SMILES string of the molecule is Cc1cc(C(F)(F)F)cc(N2C(=O)C[C@@H]3CN(CC4CCN(CCO)CC4)c4c(C)cccc4N(C)C(=O)[C@H]32)n1. The van der Waals surface area contributed by atoms with Gasteiger partial charge in [0.2, 0.25) is 11.8 Å². The van der Waals surface area contributed by atoms with Crippen LogP contribution in [0.4, 0.5) is 30.4 Å². The molecule has 2 saturated heterocycles. The van der Waals surface area contributed by atoms with Gasteiger partial charge in [0, 0.05) is 44.7 Å². The number of fused-ring (bicyclic) bond motifs is 2. The van der Waals surface area contributed by atoms with E-state index < -0.39 is 29.6 Å². The Morgan fingerprint density at radius 3 is 2.50 bits per heavy atom. The van der Waals surface area contributed by atoms with Gasteiger partial charge < -0.3 is 19.8 Å². The Hall–Kier alpha value is -3.18. The molecule has 0 saturated carbocycles. The lowest BCUT2D eigenvalue weighted by atomic mass is 9.92. The number of hydrogen-bond acceptors (Lipinski definition) is 6. The highest BCUT2D eigenvalue weighted by Crippen LogP contribution is 2.42. The Morgan fingerprint density at radius 2 is 1.82 bits per heavy atom. The van der Waals surface area contributed by atoms with Crippen molar-refractivity contribution in [2.45, 2.75) is 45.3 Å². The van der Waals surface area contributed by atoms with E-state index in [0.29, 0.717) is 24.7 Å². The number of hydrogen-bond donors (Lipinski definition) is 1. The second-order valence-electron chi connectivity index (χ2n) is 11.3. The van der Waals surface area contributed by atoms with Crippen LogP contribution >= 0.6 is 0 Å². The summed E-state index contributed by atoms with van der Waals surface area (Å²) in [5.41, 5.74) is 1.92. The van der Waals surface area contributed by atoms with E-state index in [1.54, 1.807) is 11.9 Å². The van der Waals surface area contributed by atoms with Gasteiger partial charge in [-0.2, -0.15) is 13.2 Å². The normalized spacial score (nSPS) is 22.8. The predicted molar refractivity (Wildman–Crippen MR) is 146 cm³/mol. The van der Waals surface area contributed by atoms with Gasteiger partial charge >= 0.3 is 6.18 Å². The molecule has 5 rings (SSSR count). The molecule has 2 atom stereocenters. The molecule has 40 heavy (non-hydrogen) atoms. The number of benzene rings is 1. The molecular formula is C29H36F3N5O3. The average Bonchev–Trinajstić information content (AvgIpc) is 3.22. The Bertz CT molecular complexity index is 1280. The van der Waals surface area contributed by atoms with Crippen molar-refractivity contribution in [1.82, 2.24) is 9.88 Å². The molecule has 0 bridgehead atoms. The highest BCUT2D eigenvalue weighted by atomic mass is 19.4. The van der Waals surface area contributed by atoms with Crippen LogP contribution in [-0.2, 0) is 15.8 Å². The average molecular weight is 560 g/mol. The minimum atomic E-state index is -4.60. The zero-order valence-electron chi connectivity index (χ0n) is 23.1. The second-order valence-corrected chi connectivity index (χ2v) is 11.3. The van der Waals surface area contributed by atoms with Gasteiger partial charge in [-0.05, 0) is 69.5 Å². The maximum absolute atomic E-state index is 14.0. The van der Waals surface area contributed by atoms with Crippen molar-refractivity contribution in [3.63, 3.8) is 0 Å². The number of β-amino-alcohol motifs (C(OH)–C–C–N with tert-alkyl or cyclic N) is 1. The first kappa shape index (κ1) is 28.4. The first-order chi connectivity index (χ1) is 19.0. The van der Waals surface area contributed by atoms with E-state index >= 15 is 0 Å². The molecule has 1 aromatic carbocycles. The molecule has 1 N–H and O–H groups in total. The lowest BCUT2D eigenvalue weighted by Crippen LogP contribution is -2.53. The topological polar surface area (TPSA) is 80.2 Å². The van der Waals surface area contributed by atoms with Crippen molar-refractivity contribution >= 4 is 29.0 Å². The van der Waals surface area contributed by atoms with Crippen LogP contribution < -0.4 is 14.7 Å². The van der Waals surface area contributed by atoms with Crippen LogP contribution in [0.25, 0.3) is 0 Å². The van der Waals surface area contributed by atoms with Crippen LogP contribution in [0, 0.1) is 25.7 Å². The molecule has 11 heteroatoms. The highest BCUT2D eigenvalue weighted by Gasteiger charge is 2.49. The highest BCUT2D eigenvalue weighted by molar-refractivity contribution is 6.10. The predicted octanol–water partition coefficient (Wildman–Crippen LogP) is 3.63. The largest absolute Gasteiger partial charge is 0.416 e. The number of anilines is 3. The molecule has 0 aliphatic carbocycles. The first-order valence-corrected chi connectivity index (χ1v) is 13.8. The molecule has 1 aromatic heterocycles. The quantitative estimate of drug-likeness (QED) is 0.603. The van der Waals surface area contributed by atoms with Crippen LogP contribution in [0.3, 0.4) is 0 Å². The van der Waals surface area contributed by atoms with Gasteiger partial charge in [-0.25, -0.2) is 4.98 Å². The molecule has 2 fully saturated rings. The number of para-hydroxylation sites is 1. The number of nitrogens with zero attached hydrogens (tertiary/aromatic N) is 5. The van der Waals surface area contributed by atoms with Gasteiger partial charge in [0.05, 0.1) is 23.5 Å². The molecule has 2 aromatic rings. The van der Waals surface area contributed by atoms with Gasteiger partial charge in [0.1, 0.15) is 11.9 Å². The zero-order chi connectivity index (χ0) is 28.8. The van der Waals surface area contributed by atoms with Gasteiger partial charge in [-0.3, -0.25) is 14.5 Å². The maximum Gasteiger partial charge on any atom is 0.416 e. The third-order valence-corrected chi connectivity index (χ3v) is 8.48. The number of likely N-dealkylation sites (tertiary alicyclic amines) is 1. The molecule has 2 amide bonds. The minimum absolute atomic E-state index is 0.0495. The summed E-state index contributed by atoms with van der Waals surface area (Å²) in [6.07, 6.45) is -2.61. The number of carbonyl (C=O) groups is 2. The van der Waals surface area contributed by atoms with Crippen molar-refractivity contribution < 1.29 is 27.9 Å². The van der Waals surface area contributed by atoms with Gasteiger partial charge in [0.15, 0.2) is 0 Å². The van der Waals surface area contributed by atoms with E-state index in [-0.39, 0.29) is 30.4 Å². The number of alkyl halides is 3. The summed E-state index contributed by atoms with van der Waals surface area (Å²) >= 11 is 0. The summed E-state index contributed by atoms with van der Waals surface area (Å²) in [5, 5.41) is 9.30. The van der Waals surface area contributed by atoms with Gasteiger partial charge in [-0.1, -0.05) is 12.1 Å². The van der Waals surface area contributed by atoms with Crippen LogP contribution in [-0.4, -0.2) is 79.2 Å².